The summed E-state index contributed by atoms with van der Waals surface area (Å²) in [5.41, 5.74) is 0. The van der Waals surface area contributed by atoms with E-state index in [1.165, 1.54) is 0 Å². The Morgan fingerprint density at radius 2 is 1.17 bits per heavy atom. The van der Waals surface area contributed by atoms with Gasteiger partial charge in [-0.25, -0.2) is 0 Å². The molecule has 0 aliphatic heterocycles. The molecule has 0 bridgehead atoms. The van der Waals surface area contributed by atoms with Crippen molar-refractivity contribution in [3.8, 4) is 0 Å². The normalized spacial score (nSPS) is 9.67. The topological polar surface area (TPSA) is 74.6 Å². The second-order valence-electron chi connectivity index (χ2n) is 0.448. The fourth-order valence-corrected chi connectivity index (χ4v) is 0. The van der Waals surface area contributed by atoms with Crippen molar-refractivity contribution in [2.75, 3.05) is 0 Å². The summed E-state index contributed by atoms with van der Waals surface area (Å²) in [5.74, 6) is 0. The molecule has 0 atom stereocenters. The van der Waals surface area contributed by atoms with Gasteiger partial charge in [-0.2, -0.15) is 13.5 Å². The van der Waals surface area contributed by atoms with Gasteiger partial charge in [-0.05, 0) is 0 Å². The van der Waals surface area contributed by atoms with Gasteiger partial charge in [0.05, 0.1) is 0 Å². The van der Waals surface area contributed by atoms with Crippen LogP contribution in [0.4, 0.5) is 0 Å². The summed E-state index contributed by atoms with van der Waals surface area (Å²) in [5, 5.41) is 0. The van der Waals surface area contributed by atoms with E-state index in [9.17, 15) is 0 Å². The van der Waals surface area contributed by atoms with Gasteiger partial charge in [0.2, 0.25) is 0 Å². The third kappa shape index (κ3) is 185. The molecule has 0 unspecified atom stereocenters. The average Bonchev–Trinajstić information content (AvgIpc) is 0.722. The Labute approximate surface area is 45.0 Å². The second kappa shape index (κ2) is 2.69. The van der Waals surface area contributed by atoms with Gasteiger partial charge in [-0.15, -0.1) is 0 Å². The Hall–Kier alpha value is 0.558. The molecule has 0 rings (SSSR count). The summed E-state index contributed by atoms with van der Waals surface area (Å²) < 4.78 is 32.0. The molecule has 4 nitrogen and oxygen atoms in total. The first-order valence-corrected chi connectivity index (χ1v) is 4.13. The van der Waals surface area contributed by atoms with Crippen LogP contribution in [0.1, 0.15) is 0 Å². The third-order valence-electron chi connectivity index (χ3n) is 0. The SMILES string of the molecule is S.[O]=[Mo](=[O])([OH])[OH]. The summed E-state index contributed by atoms with van der Waals surface area (Å²) >= 11 is -5.52. The van der Waals surface area contributed by atoms with E-state index in [1.54, 1.807) is 0 Å². The van der Waals surface area contributed by atoms with E-state index in [-0.39, 0.29) is 13.5 Å². The van der Waals surface area contributed by atoms with Crippen molar-refractivity contribution < 1.29 is 31.1 Å². The molecule has 2 N–H and O–H groups in total. The second-order valence-corrected chi connectivity index (χ2v) is 2.65. The molecule has 0 heterocycles. The zero-order valence-electron chi connectivity index (χ0n) is 2.62. The number of hydrogen-bond donors (Lipinski definition) is 2. The van der Waals surface area contributed by atoms with Crippen molar-refractivity contribution in [3.05, 3.63) is 0 Å². The summed E-state index contributed by atoms with van der Waals surface area (Å²) in [4.78, 5) is 0. The van der Waals surface area contributed by atoms with E-state index in [0.717, 1.165) is 0 Å². The van der Waals surface area contributed by atoms with Gasteiger partial charge >= 0.3 is 31.1 Å². The van der Waals surface area contributed by atoms with Crippen molar-refractivity contribution in [2.24, 2.45) is 0 Å². The summed E-state index contributed by atoms with van der Waals surface area (Å²) in [6.07, 6.45) is 0. The monoisotopic (exact) mass is 198 g/mol. The maximum atomic E-state index is 8.85. The van der Waals surface area contributed by atoms with Crippen LogP contribution in [-0.4, -0.2) is 7.52 Å². The molecule has 0 fully saturated rings. The molecule has 6 heavy (non-hydrogen) atoms. The van der Waals surface area contributed by atoms with E-state index >= 15 is 0 Å². The van der Waals surface area contributed by atoms with Gasteiger partial charge in [0.25, 0.3) is 0 Å². The average molecular weight is 196 g/mol. The van der Waals surface area contributed by atoms with Crippen LogP contribution in [0.2, 0.25) is 0 Å². The summed E-state index contributed by atoms with van der Waals surface area (Å²) in [6, 6.07) is 0. The summed E-state index contributed by atoms with van der Waals surface area (Å²) in [7, 11) is 0. The molecule has 0 aliphatic carbocycles. The van der Waals surface area contributed by atoms with Gasteiger partial charge in [-0.3, -0.25) is 0 Å². The van der Waals surface area contributed by atoms with E-state index in [4.69, 9.17) is 14.3 Å². The van der Waals surface area contributed by atoms with Crippen LogP contribution in [0.3, 0.4) is 0 Å². The first kappa shape index (κ1) is 9.75. The minimum atomic E-state index is -5.52. The predicted octanol–water partition coefficient (Wildman–Crippen LogP) is -1.24. The first-order chi connectivity index (χ1) is 2.00. The molecule has 0 radical (unpaired) electrons. The number of hydrogen-bond acceptors (Lipinski definition) is 2. The van der Waals surface area contributed by atoms with Gasteiger partial charge in [0, 0.05) is 0 Å². The standard InChI is InChI=1S/Mo.2H2O.2O.H2S/h;2*1H2;;;1H2/q+2;;;;;/p-2. The van der Waals surface area contributed by atoms with Crippen molar-refractivity contribution >= 4 is 13.5 Å². The van der Waals surface area contributed by atoms with Gasteiger partial charge in [-0.1, -0.05) is 0 Å². The molecule has 0 saturated heterocycles. The van der Waals surface area contributed by atoms with Gasteiger partial charge in [0.1, 0.15) is 0 Å². The van der Waals surface area contributed by atoms with Crippen LogP contribution >= 0.6 is 13.5 Å². The van der Waals surface area contributed by atoms with Crippen LogP contribution in [0.25, 0.3) is 0 Å². The van der Waals surface area contributed by atoms with E-state index in [0.29, 0.717) is 0 Å². The Kier molecular flexibility index (Phi) is 4.36. The fraction of sp³-hybridized carbons (Fsp3) is 0. The third-order valence-corrected chi connectivity index (χ3v) is 0. The molecular weight excluding hydrogens is 192 g/mol. The van der Waals surface area contributed by atoms with Crippen LogP contribution < -0.4 is 0 Å². The van der Waals surface area contributed by atoms with Gasteiger partial charge in [0.15, 0.2) is 0 Å². The molecule has 0 aromatic carbocycles. The van der Waals surface area contributed by atoms with E-state index < -0.39 is 16.7 Å². The van der Waals surface area contributed by atoms with E-state index in [2.05, 4.69) is 0 Å². The fourth-order valence-electron chi connectivity index (χ4n) is 0. The van der Waals surface area contributed by atoms with Crippen LogP contribution in [0.5, 0.6) is 0 Å². The molecule has 0 spiro atoms. The quantitative estimate of drug-likeness (QED) is 0.475. The van der Waals surface area contributed by atoms with E-state index in [1.807, 2.05) is 0 Å². The van der Waals surface area contributed by atoms with Crippen LogP contribution in [0.15, 0.2) is 0 Å². The molecular formula is H4MoO4S. The first-order valence-electron chi connectivity index (χ1n) is 0.698. The summed E-state index contributed by atoms with van der Waals surface area (Å²) in [6.45, 7) is 0. The predicted molar refractivity (Wildman–Crippen MR) is 16.2 cm³/mol. The van der Waals surface area contributed by atoms with Crippen LogP contribution in [0, 0.1) is 0 Å². The molecule has 6 heteroatoms. The van der Waals surface area contributed by atoms with Gasteiger partial charge < -0.3 is 0 Å². The zero-order chi connectivity index (χ0) is 4.50. The Bertz CT molecular complexity index is 90.7. The minimum absolute atomic E-state index is 0. The molecule has 0 aromatic heterocycles. The molecule has 0 aliphatic rings. The van der Waals surface area contributed by atoms with Crippen molar-refractivity contribution in [3.63, 3.8) is 0 Å². The molecule has 0 saturated carbocycles. The van der Waals surface area contributed by atoms with Crippen molar-refractivity contribution in [1.82, 2.24) is 0 Å². The van der Waals surface area contributed by atoms with Crippen LogP contribution in [-0.2, 0) is 23.5 Å². The zero-order valence-corrected chi connectivity index (χ0v) is 5.63. The molecule has 40 valence electrons. The molecule has 0 aromatic rings. The Morgan fingerprint density at radius 1 is 1.17 bits per heavy atom. The number of rotatable bonds is 0. The maximum absolute atomic E-state index is 8.85. The van der Waals surface area contributed by atoms with Crippen molar-refractivity contribution in [2.45, 2.75) is 0 Å². The van der Waals surface area contributed by atoms with Crippen molar-refractivity contribution in [1.29, 1.82) is 0 Å². The Balaban J connectivity index is 0. The Morgan fingerprint density at radius 3 is 1.17 bits per heavy atom. The molecule has 0 amide bonds.